The molecule has 3 aliphatic rings. The van der Waals surface area contributed by atoms with Crippen molar-refractivity contribution in [2.75, 3.05) is 0 Å². The highest BCUT2D eigenvalue weighted by molar-refractivity contribution is 5.17. The Hall–Kier alpha value is -0.120. The van der Waals surface area contributed by atoms with Gasteiger partial charge < -0.3 is 15.5 Å². The highest BCUT2D eigenvalue weighted by atomic mass is 16.3. The molecule has 0 radical (unpaired) electrons. The van der Waals surface area contributed by atoms with Gasteiger partial charge in [-0.25, -0.2) is 0 Å². The number of fused-ring (bicyclic) bond motifs is 2. The first-order valence-corrected chi connectivity index (χ1v) is 4.68. The number of aliphatic hydroxyl groups is 2. The number of rotatable bonds is 1. The fourth-order valence-electron chi connectivity index (χ4n) is 2.78. The molecule has 3 fully saturated rings. The highest BCUT2D eigenvalue weighted by Crippen LogP contribution is 2.45. The summed E-state index contributed by atoms with van der Waals surface area (Å²) in [7, 11) is 0. The molecular formula is C9H17NO2. The maximum atomic E-state index is 9.88. The predicted octanol–water partition coefficient (Wildman–Crippen LogP) is 0.0127. The lowest BCUT2D eigenvalue weighted by atomic mass is 9.61. The maximum Gasteiger partial charge on any atom is 0.101 e. The average Bonchev–Trinajstić information content (AvgIpc) is 1.92. The van der Waals surface area contributed by atoms with Crippen LogP contribution in [0.5, 0.6) is 0 Å². The minimum atomic E-state index is -0.885. The minimum absolute atomic E-state index is 0.188. The summed E-state index contributed by atoms with van der Waals surface area (Å²) in [5, 5.41) is 23.1. The van der Waals surface area contributed by atoms with Crippen LogP contribution in [0.3, 0.4) is 0 Å². The van der Waals surface area contributed by atoms with Crippen molar-refractivity contribution in [3.8, 4) is 0 Å². The van der Waals surface area contributed by atoms with Crippen molar-refractivity contribution in [2.24, 2.45) is 0 Å². The van der Waals surface area contributed by atoms with Gasteiger partial charge >= 0.3 is 0 Å². The van der Waals surface area contributed by atoms with E-state index in [2.05, 4.69) is 5.32 Å². The standard InChI is InChI=1S/C9H17NO2/c1-3-9-5-6(10-9)4-8(2,12)7(9)11/h6-7,10-12H,3-5H2,1-2H3/t6?,7-,8+,9?/m1/s1. The Morgan fingerprint density at radius 3 is 2.50 bits per heavy atom. The third kappa shape index (κ3) is 0.873. The second-order valence-electron chi connectivity index (χ2n) is 4.52. The van der Waals surface area contributed by atoms with Crippen LogP contribution in [0.15, 0.2) is 0 Å². The molecule has 12 heavy (non-hydrogen) atoms. The van der Waals surface area contributed by atoms with Crippen molar-refractivity contribution in [2.45, 2.75) is 56.4 Å². The monoisotopic (exact) mass is 171 g/mol. The van der Waals surface area contributed by atoms with E-state index in [1.165, 1.54) is 0 Å². The molecule has 1 aliphatic carbocycles. The molecule has 3 N–H and O–H groups in total. The molecular weight excluding hydrogens is 154 g/mol. The van der Waals surface area contributed by atoms with Gasteiger partial charge in [0.15, 0.2) is 0 Å². The van der Waals surface area contributed by atoms with E-state index in [1.54, 1.807) is 6.92 Å². The van der Waals surface area contributed by atoms with Crippen molar-refractivity contribution < 1.29 is 10.2 Å². The van der Waals surface area contributed by atoms with E-state index in [4.69, 9.17) is 0 Å². The second-order valence-corrected chi connectivity index (χ2v) is 4.52. The maximum absolute atomic E-state index is 9.88. The average molecular weight is 171 g/mol. The molecule has 2 heterocycles. The summed E-state index contributed by atoms with van der Waals surface area (Å²) in [4.78, 5) is 0. The topological polar surface area (TPSA) is 52.5 Å². The zero-order valence-corrected chi connectivity index (χ0v) is 7.67. The van der Waals surface area contributed by atoms with Crippen LogP contribution in [0, 0.1) is 0 Å². The fraction of sp³-hybridized carbons (Fsp3) is 1.00. The molecule has 0 spiro atoms. The van der Waals surface area contributed by atoms with E-state index in [-0.39, 0.29) is 5.54 Å². The molecule has 0 amide bonds. The quantitative estimate of drug-likeness (QED) is 0.521. The number of nitrogens with one attached hydrogen (secondary N) is 1. The van der Waals surface area contributed by atoms with Gasteiger partial charge in [0.05, 0.1) is 5.60 Å². The van der Waals surface area contributed by atoms with E-state index in [9.17, 15) is 10.2 Å². The summed E-state index contributed by atoms with van der Waals surface area (Å²) in [5.74, 6) is 0. The third-order valence-electron chi connectivity index (χ3n) is 3.51. The van der Waals surface area contributed by atoms with Crippen molar-refractivity contribution in [1.82, 2.24) is 5.32 Å². The Morgan fingerprint density at radius 1 is 1.50 bits per heavy atom. The van der Waals surface area contributed by atoms with Crippen LogP contribution in [-0.2, 0) is 0 Å². The zero-order chi connectivity index (χ0) is 8.98. The molecule has 2 aliphatic heterocycles. The Bertz CT molecular complexity index is 197. The molecule has 3 nitrogen and oxygen atoms in total. The van der Waals surface area contributed by atoms with Gasteiger partial charge in [-0.05, 0) is 26.2 Å². The number of hydrogen-bond acceptors (Lipinski definition) is 3. The van der Waals surface area contributed by atoms with Crippen LogP contribution in [0.25, 0.3) is 0 Å². The van der Waals surface area contributed by atoms with Crippen molar-refractivity contribution >= 4 is 0 Å². The van der Waals surface area contributed by atoms with E-state index >= 15 is 0 Å². The Balaban J connectivity index is 2.21. The van der Waals surface area contributed by atoms with Gasteiger partial charge in [-0.3, -0.25) is 0 Å². The lowest BCUT2D eigenvalue weighted by molar-refractivity contribution is -0.185. The van der Waals surface area contributed by atoms with Gasteiger partial charge in [0, 0.05) is 11.6 Å². The number of hydrogen-bond donors (Lipinski definition) is 3. The highest BCUT2D eigenvalue weighted by Gasteiger charge is 2.59. The molecule has 4 atom stereocenters. The van der Waals surface area contributed by atoms with Gasteiger partial charge in [0.25, 0.3) is 0 Å². The van der Waals surface area contributed by atoms with Crippen LogP contribution in [0.2, 0.25) is 0 Å². The largest absolute Gasteiger partial charge is 0.388 e. The molecule has 0 aromatic rings. The molecule has 2 saturated heterocycles. The molecule has 3 rings (SSSR count). The van der Waals surface area contributed by atoms with Gasteiger partial charge in [-0.2, -0.15) is 0 Å². The van der Waals surface area contributed by atoms with Crippen LogP contribution >= 0.6 is 0 Å². The Morgan fingerprint density at radius 2 is 2.08 bits per heavy atom. The van der Waals surface area contributed by atoms with E-state index in [0.29, 0.717) is 12.5 Å². The number of aliphatic hydroxyl groups excluding tert-OH is 1. The van der Waals surface area contributed by atoms with E-state index < -0.39 is 11.7 Å². The molecule has 2 unspecified atom stereocenters. The van der Waals surface area contributed by atoms with Crippen LogP contribution < -0.4 is 5.32 Å². The van der Waals surface area contributed by atoms with Gasteiger partial charge in [-0.15, -0.1) is 0 Å². The van der Waals surface area contributed by atoms with E-state index in [0.717, 1.165) is 12.8 Å². The summed E-state index contributed by atoms with van der Waals surface area (Å²) in [6.07, 6.45) is 1.97. The predicted molar refractivity (Wildman–Crippen MR) is 45.8 cm³/mol. The molecule has 70 valence electrons. The van der Waals surface area contributed by atoms with Crippen LogP contribution in [0.4, 0.5) is 0 Å². The Labute approximate surface area is 72.8 Å². The molecule has 0 aromatic carbocycles. The first-order chi connectivity index (χ1) is 5.50. The van der Waals surface area contributed by atoms with Gasteiger partial charge in [0.1, 0.15) is 6.10 Å². The summed E-state index contributed by atoms with van der Waals surface area (Å²) in [6.45, 7) is 3.78. The second kappa shape index (κ2) is 2.22. The molecule has 3 heteroatoms. The normalized spacial score (nSPS) is 58.0. The summed E-state index contributed by atoms with van der Waals surface area (Å²) in [6, 6.07) is 0.420. The van der Waals surface area contributed by atoms with Gasteiger partial charge in [0.2, 0.25) is 0 Å². The first-order valence-electron chi connectivity index (χ1n) is 4.68. The number of piperidine rings is 1. The summed E-state index contributed by atoms with van der Waals surface area (Å²) >= 11 is 0. The molecule has 2 bridgehead atoms. The third-order valence-corrected chi connectivity index (χ3v) is 3.51. The smallest absolute Gasteiger partial charge is 0.101 e. The lowest BCUT2D eigenvalue weighted by Gasteiger charge is -2.61. The van der Waals surface area contributed by atoms with Crippen molar-refractivity contribution in [3.63, 3.8) is 0 Å². The molecule has 1 saturated carbocycles. The first kappa shape index (κ1) is 8.48. The van der Waals surface area contributed by atoms with Crippen molar-refractivity contribution in [1.29, 1.82) is 0 Å². The minimum Gasteiger partial charge on any atom is -0.388 e. The summed E-state index contributed by atoms with van der Waals surface area (Å²) in [5.41, 5.74) is -1.07. The Kier molecular flexibility index (Phi) is 1.57. The molecule has 0 aromatic heterocycles. The lowest BCUT2D eigenvalue weighted by Crippen LogP contribution is -2.79. The van der Waals surface area contributed by atoms with Crippen molar-refractivity contribution in [3.05, 3.63) is 0 Å². The van der Waals surface area contributed by atoms with Crippen LogP contribution in [-0.4, -0.2) is 33.5 Å². The fourth-order valence-corrected chi connectivity index (χ4v) is 2.78. The zero-order valence-electron chi connectivity index (χ0n) is 7.67. The van der Waals surface area contributed by atoms with Gasteiger partial charge in [-0.1, -0.05) is 6.92 Å². The van der Waals surface area contributed by atoms with Crippen LogP contribution in [0.1, 0.15) is 33.1 Å². The summed E-state index contributed by atoms with van der Waals surface area (Å²) < 4.78 is 0. The SMILES string of the molecule is CCC12CC(C[C@](C)(O)[C@H]1O)N2. The van der Waals surface area contributed by atoms with E-state index in [1.807, 2.05) is 6.92 Å².